The second-order valence-electron chi connectivity index (χ2n) is 5.49. The number of likely N-dealkylation sites (tertiary alicyclic amines) is 1. The van der Waals surface area contributed by atoms with Gasteiger partial charge in [0, 0.05) is 23.2 Å². The molecule has 1 N–H and O–H groups in total. The molecule has 1 atom stereocenters. The standard InChI is InChI=1S/C15H22ClNO/c1-12(2)17-10-5-8-15(18,9-11-17)13-6-3-4-7-14(13)16/h3-4,6-7,12,18H,5,8-11H2,1-2H3. The Kier molecular flexibility index (Phi) is 4.31. The van der Waals surface area contributed by atoms with Gasteiger partial charge in [-0.05, 0) is 45.7 Å². The monoisotopic (exact) mass is 267 g/mol. The van der Waals surface area contributed by atoms with Gasteiger partial charge in [-0.1, -0.05) is 29.8 Å². The largest absolute Gasteiger partial charge is 0.385 e. The maximum Gasteiger partial charge on any atom is 0.0923 e. The Morgan fingerprint density at radius 1 is 1.22 bits per heavy atom. The van der Waals surface area contributed by atoms with Gasteiger partial charge < -0.3 is 10.0 Å². The fourth-order valence-electron chi connectivity index (χ4n) is 2.76. The third-order valence-corrected chi connectivity index (χ3v) is 4.28. The molecule has 3 heteroatoms. The van der Waals surface area contributed by atoms with E-state index in [0.29, 0.717) is 11.1 Å². The maximum atomic E-state index is 10.9. The van der Waals surface area contributed by atoms with E-state index in [9.17, 15) is 5.11 Å². The average molecular weight is 268 g/mol. The number of hydrogen-bond acceptors (Lipinski definition) is 2. The van der Waals surface area contributed by atoms with E-state index in [1.54, 1.807) is 0 Å². The Bertz CT molecular complexity index is 407. The van der Waals surface area contributed by atoms with Crippen molar-refractivity contribution >= 4 is 11.6 Å². The van der Waals surface area contributed by atoms with Crippen molar-refractivity contribution in [2.24, 2.45) is 0 Å². The predicted octanol–water partition coefficient (Wildman–Crippen LogP) is 3.42. The topological polar surface area (TPSA) is 23.5 Å². The van der Waals surface area contributed by atoms with E-state index >= 15 is 0 Å². The summed E-state index contributed by atoms with van der Waals surface area (Å²) in [7, 11) is 0. The van der Waals surface area contributed by atoms with Crippen molar-refractivity contribution in [2.45, 2.75) is 44.8 Å². The highest BCUT2D eigenvalue weighted by molar-refractivity contribution is 6.31. The van der Waals surface area contributed by atoms with Crippen LogP contribution in [0, 0.1) is 0 Å². The van der Waals surface area contributed by atoms with Crippen LogP contribution in [0.3, 0.4) is 0 Å². The van der Waals surface area contributed by atoms with Crippen molar-refractivity contribution < 1.29 is 5.11 Å². The van der Waals surface area contributed by atoms with Gasteiger partial charge >= 0.3 is 0 Å². The number of hydrogen-bond donors (Lipinski definition) is 1. The molecule has 0 aliphatic carbocycles. The maximum absolute atomic E-state index is 10.9. The van der Waals surface area contributed by atoms with E-state index in [0.717, 1.165) is 37.9 Å². The fraction of sp³-hybridized carbons (Fsp3) is 0.600. The number of nitrogens with zero attached hydrogens (tertiary/aromatic N) is 1. The van der Waals surface area contributed by atoms with Gasteiger partial charge in [-0.15, -0.1) is 0 Å². The van der Waals surface area contributed by atoms with Gasteiger partial charge in [0.2, 0.25) is 0 Å². The molecule has 0 radical (unpaired) electrons. The summed E-state index contributed by atoms with van der Waals surface area (Å²) in [6, 6.07) is 8.21. The molecule has 1 aromatic carbocycles. The zero-order chi connectivity index (χ0) is 13.2. The molecule has 0 spiro atoms. The number of benzene rings is 1. The SMILES string of the molecule is CC(C)N1CCCC(O)(c2ccccc2Cl)CC1. The highest BCUT2D eigenvalue weighted by atomic mass is 35.5. The second kappa shape index (κ2) is 5.60. The Morgan fingerprint density at radius 2 is 1.94 bits per heavy atom. The molecule has 1 saturated heterocycles. The van der Waals surface area contributed by atoms with Gasteiger partial charge in [0.1, 0.15) is 0 Å². The molecule has 18 heavy (non-hydrogen) atoms. The van der Waals surface area contributed by atoms with Crippen molar-refractivity contribution in [3.63, 3.8) is 0 Å². The van der Waals surface area contributed by atoms with Gasteiger partial charge in [-0.3, -0.25) is 0 Å². The first-order valence-corrected chi connectivity index (χ1v) is 7.12. The number of halogens is 1. The van der Waals surface area contributed by atoms with E-state index < -0.39 is 5.60 Å². The molecular weight excluding hydrogens is 246 g/mol. The molecule has 100 valence electrons. The Morgan fingerprint density at radius 3 is 2.61 bits per heavy atom. The smallest absolute Gasteiger partial charge is 0.0923 e. The van der Waals surface area contributed by atoms with Crippen LogP contribution >= 0.6 is 11.6 Å². The van der Waals surface area contributed by atoms with E-state index in [4.69, 9.17) is 11.6 Å². The lowest BCUT2D eigenvalue weighted by Crippen LogP contribution is -2.33. The molecule has 1 heterocycles. The van der Waals surface area contributed by atoms with Crippen molar-refractivity contribution in [3.8, 4) is 0 Å². The average Bonchev–Trinajstić information content (AvgIpc) is 2.52. The van der Waals surface area contributed by atoms with Gasteiger partial charge in [-0.25, -0.2) is 0 Å². The summed E-state index contributed by atoms with van der Waals surface area (Å²) < 4.78 is 0. The molecule has 0 amide bonds. The molecule has 1 fully saturated rings. The predicted molar refractivity (Wildman–Crippen MR) is 75.9 cm³/mol. The van der Waals surface area contributed by atoms with Crippen molar-refractivity contribution in [1.82, 2.24) is 4.90 Å². The lowest BCUT2D eigenvalue weighted by molar-refractivity contribution is 0.0205. The summed E-state index contributed by atoms with van der Waals surface area (Å²) in [6.45, 7) is 6.41. The molecule has 0 aromatic heterocycles. The second-order valence-corrected chi connectivity index (χ2v) is 5.90. The first-order valence-electron chi connectivity index (χ1n) is 6.74. The van der Waals surface area contributed by atoms with Crippen LogP contribution in [0.4, 0.5) is 0 Å². The van der Waals surface area contributed by atoms with Crippen LogP contribution in [-0.2, 0) is 5.60 Å². The van der Waals surface area contributed by atoms with E-state index in [-0.39, 0.29) is 0 Å². The summed E-state index contributed by atoms with van der Waals surface area (Å²) in [5.74, 6) is 0. The fourth-order valence-corrected chi connectivity index (χ4v) is 3.08. The van der Waals surface area contributed by atoms with Crippen LogP contribution in [0.5, 0.6) is 0 Å². The third kappa shape index (κ3) is 2.87. The summed E-state index contributed by atoms with van der Waals surface area (Å²) in [6.07, 6.45) is 2.56. The molecule has 1 aromatic rings. The van der Waals surface area contributed by atoms with E-state index in [1.807, 2.05) is 24.3 Å². The van der Waals surface area contributed by atoms with Gasteiger partial charge in [-0.2, -0.15) is 0 Å². The molecule has 1 unspecified atom stereocenters. The summed E-state index contributed by atoms with van der Waals surface area (Å²) in [4.78, 5) is 2.43. The number of aliphatic hydroxyl groups is 1. The molecular formula is C15H22ClNO. The van der Waals surface area contributed by atoms with Crippen LogP contribution in [0.1, 0.15) is 38.7 Å². The Balaban J connectivity index is 2.19. The molecule has 1 aliphatic heterocycles. The first kappa shape index (κ1) is 13.9. The van der Waals surface area contributed by atoms with Gasteiger partial charge in [0.15, 0.2) is 0 Å². The highest BCUT2D eigenvalue weighted by Crippen LogP contribution is 2.36. The molecule has 0 bridgehead atoms. The summed E-state index contributed by atoms with van der Waals surface area (Å²) in [5.41, 5.74) is 0.124. The van der Waals surface area contributed by atoms with Crippen LogP contribution in [0.25, 0.3) is 0 Å². The minimum absolute atomic E-state index is 0.540. The Labute approximate surface area is 115 Å². The third-order valence-electron chi connectivity index (χ3n) is 3.95. The zero-order valence-corrected chi connectivity index (χ0v) is 12.0. The lowest BCUT2D eigenvalue weighted by Gasteiger charge is -2.29. The lowest BCUT2D eigenvalue weighted by atomic mass is 9.87. The van der Waals surface area contributed by atoms with E-state index in [1.165, 1.54) is 0 Å². The van der Waals surface area contributed by atoms with Crippen LogP contribution in [0.2, 0.25) is 5.02 Å². The minimum Gasteiger partial charge on any atom is -0.385 e. The molecule has 2 rings (SSSR count). The highest BCUT2D eigenvalue weighted by Gasteiger charge is 2.33. The molecule has 2 nitrogen and oxygen atoms in total. The Hall–Kier alpha value is -0.570. The van der Waals surface area contributed by atoms with Crippen molar-refractivity contribution in [2.75, 3.05) is 13.1 Å². The van der Waals surface area contributed by atoms with Gasteiger partial charge in [0.25, 0.3) is 0 Å². The zero-order valence-electron chi connectivity index (χ0n) is 11.2. The van der Waals surface area contributed by atoms with Crippen LogP contribution < -0.4 is 0 Å². The summed E-state index contributed by atoms with van der Waals surface area (Å²) >= 11 is 6.23. The molecule has 0 saturated carbocycles. The minimum atomic E-state index is -0.762. The van der Waals surface area contributed by atoms with Gasteiger partial charge in [0.05, 0.1) is 5.60 Å². The van der Waals surface area contributed by atoms with E-state index in [2.05, 4.69) is 18.7 Å². The van der Waals surface area contributed by atoms with Crippen molar-refractivity contribution in [3.05, 3.63) is 34.9 Å². The van der Waals surface area contributed by atoms with Crippen LogP contribution in [-0.4, -0.2) is 29.1 Å². The number of rotatable bonds is 2. The molecule has 1 aliphatic rings. The summed E-state index contributed by atoms with van der Waals surface area (Å²) in [5, 5.41) is 11.6. The quantitative estimate of drug-likeness (QED) is 0.888. The van der Waals surface area contributed by atoms with Crippen molar-refractivity contribution in [1.29, 1.82) is 0 Å². The first-order chi connectivity index (χ1) is 8.53. The van der Waals surface area contributed by atoms with Crippen LogP contribution in [0.15, 0.2) is 24.3 Å². The normalized spacial score (nSPS) is 26.3.